The lowest BCUT2D eigenvalue weighted by Crippen LogP contribution is -2.55. The number of alkyl carbamates (subject to hydrolysis) is 1. The Bertz CT molecular complexity index is 412. The highest BCUT2D eigenvalue weighted by Gasteiger charge is 2.30. The molecule has 22 heavy (non-hydrogen) atoms. The van der Waals surface area contributed by atoms with Crippen molar-refractivity contribution < 1.29 is 19.1 Å². The topological polar surface area (TPSA) is 87.7 Å². The summed E-state index contributed by atoms with van der Waals surface area (Å²) in [6, 6.07) is -0.614. The van der Waals surface area contributed by atoms with Gasteiger partial charge >= 0.3 is 6.09 Å². The van der Waals surface area contributed by atoms with Crippen LogP contribution in [-0.2, 0) is 14.3 Å². The van der Waals surface area contributed by atoms with Crippen molar-refractivity contribution in [2.24, 2.45) is 5.92 Å². The van der Waals surface area contributed by atoms with Crippen LogP contribution in [0.2, 0.25) is 0 Å². The van der Waals surface area contributed by atoms with Crippen molar-refractivity contribution in [3.63, 3.8) is 0 Å². The highest BCUT2D eigenvalue weighted by atomic mass is 16.5. The Balaban J connectivity index is 2.70. The molecule has 1 aliphatic rings. The average molecular weight is 313 g/mol. The maximum Gasteiger partial charge on any atom is 0.407 e. The number of rotatable bonds is 5. The number of carbonyl (C=O) groups excluding carboxylic acids is 3. The zero-order chi connectivity index (χ0) is 16.7. The minimum atomic E-state index is -0.602. The van der Waals surface area contributed by atoms with Crippen molar-refractivity contribution in [1.82, 2.24) is 15.5 Å². The van der Waals surface area contributed by atoms with Gasteiger partial charge in [0.25, 0.3) is 0 Å². The van der Waals surface area contributed by atoms with E-state index in [4.69, 9.17) is 0 Å². The number of nitrogens with one attached hydrogen (secondary N) is 2. The van der Waals surface area contributed by atoms with Crippen molar-refractivity contribution in [2.75, 3.05) is 20.2 Å². The van der Waals surface area contributed by atoms with Gasteiger partial charge in [-0.15, -0.1) is 0 Å². The van der Waals surface area contributed by atoms with Crippen molar-refractivity contribution >= 4 is 17.9 Å². The second kappa shape index (κ2) is 8.60. The normalized spacial score (nSPS) is 19.5. The third-order valence-corrected chi connectivity index (χ3v) is 3.62. The molecule has 126 valence electrons. The zero-order valence-electron chi connectivity index (χ0n) is 13.8. The largest absolute Gasteiger partial charge is 0.453 e. The predicted molar refractivity (Wildman–Crippen MR) is 82.2 cm³/mol. The van der Waals surface area contributed by atoms with Crippen molar-refractivity contribution in [3.8, 4) is 0 Å². The summed E-state index contributed by atoms with van der Waals surface area (Å²) in [4.78, 5) is 37.0. The molecule has 0 aromatic rings. The average Bonchev–Trinajstić information content (AvgIpc) is 2.44. The van der Waals surface area contributed by atoms with E-state index in [0.29, 0.717) is 19.5 Å². The summed E-state index contributed by atoms with van der Waals surface area (Å²) in [6.07, 6.45) is 1.65. The van der Waals surface area contributed by atoms with Gasteiger partial charge in [0.2, 0.25) is 11.8 Å². The van der Waals surface area contributed by atoms with Gasteiger partial charge in [0.15, 0.2) is 0 Å². The molecule has 0 radical (unpaired) electrons. The molecule has 7 heteroatoms. The number of hydrogen-bond acceptors (Lipinski definition) is 4. The lowest BCUT2D eigenvalue weighted by Gasteiger charge is -2.35. The van der Waals surface area contributed by atoms with Crippen LogP contribution in [0.5, 0.6) is 0 Å². The summed E-state index contributed by atoms with van der Waals surface area (Å²) in [7, 11) is 1.28. The predicted octanol–water partition coefficient (Wildman–Crippen LogP) is 0.884. The van der Waals surface area contributed by atoms with Gasteiger partial charge in [-0.25, -0.2) is 4.79 Å². The van der Waals surface area contributed by atoms with Crippen LogP contribution >= 0.6 is 0 Å². The molecule has 1 heterocycles. The third kappa shape index (κ3) is 5.91. The third-order valence-electron chi connectivity index (χ3n) is 3.62. The summed E-state index contributed by atoms with van der Waals surface area (Å²) < 4.78 is 4.60. The van der Waals surface area contributed by atoms with E-state index in [9.17, 15) is 14.4 Å². The molecule has 2 atom stereocenters. The quantitative estimate of drug-likeness (QED) is 0.789. The van der Waals surface area contributed by atoms with E-state index in [1.54, 1.807) is 4.90 Å². The van der Waals surface area contributed by atoms with Crippen LogP contribution in [0.4, 0.5) is 4.79 Å². The fourth-order valence-electron chi connectivity index (χ4n) is 2.70. The van der Waals surface area contributed by atoms with Crippen LogP contribution in [0.3, 0.4) is 0 Å². The summed E-state index contributed by atoms with van der Waals surface area (Å²) in [5, 5.41) is 5.46. The Labute approximate surface area is 131 Å². The van der Waals surface area contributed by atoms with Crippen LogP contribution in [0.1, 0.15) is 40.0 Å². The van der Waals surface area contributed by atoms with Gasteiger partial charge in [-0.2, -0.15) is 0 Å². The van der Waals surface area contributed by atoms with Gasteiger partial charge in [-0.1, -0.05) is 13.8 Å². The maximum absolute atomic E-state index is 12.7. The Morgan fingerprint density at radius 3 is 2.55 bits per heavy atom. The van der Waals surface area contributed by atoms with E-state index in [1.807, 2.05) is 13.8 Å². The first-order valence-corrected chi connectivity index (χ1v) is 7.73. The number of ether oxygens (including phenoxy) is 1. The molecule has 1 fully saturated rings. The molecule has 0 aliphatic carbocycles. The van der Waals surface area contributed by atoms with Crippen LogP contribution in [-0.4, -0.2) is 55.1 Å². The molecule has 1 saturated heterocycles. The summed E-state index contributed by atoms with van der Waals surface area (Å²) in [5.41, 5.74) is 0. The molecule has 0 saturated carbocycles. The first kappa shape index (κ1) is 18.3. The van der Waals surface area contributed by atoms with Gasteiger partial charge in [-0.3, -0.25) is 9.59 Å². The van der Waals surface area contributed by atoms with Crippen molar-refractivity contribution in [3.05, 3.63) is 0 Å². The monoisotopic (exact) mass is 313 g/mol. The van der Waals surface area contributed by atoms with Crippen molar-refractivity contribution in [1.29, 1.82) is 0 Å². The summed E-state index contributed by atoms with van der Waals surface area (Å²) in [5.74, 6) is 0.0573. The number of methoxy groups -OCH3 is 1. The number of nitrogens with zero attached hydrogens (tertiary/aromatic N) is 1. The van der Waals surface area contributed by atoms with E-state index in [2.05, 4.69) is 15.4 Å². The molecule has 0 spiro atoms. The Morgan fingerprint density at radius 2 is 2.00 bits per heavy atom. The fourth-order valence-corrected chi connectivity index (χ4v) is 2.70. The molecule has 2 N–H and O–H groups in total. The molecule has 0 bridgehead atoms. The standard InChI is InChI=1S/C15H27N3O4/c1-10(2)8-13(17-15(21)22-4)14(20)18-7-5-6-12(9-18)16-11(3)19/h10,12-13H,5-9H2,1-4H3,(H,16,19)(H,17,21)/t12-,13+/m1/s1. The van der Waals surface area contributed by atoms with Crippen LogP contribution in [0, 0.1) is 5.92 Å². The van der Waals surface area contributed by atoms with Gasteiger partial charge in [0.1, 0.15) is 6.04 Å². The maximum atomic E-state index is 12.7. The highest BCUT2D eigenvalue weighted by Crippen LogP contribution is 2.14. The van der Waals surface area contributed by atoms with Crippen LogP contribution in [0.15, 0.2) is 0 Å². The molecular formula is C15H27N3O4. The van der Waals surface area contributed by atoms with Gasteiger partial charge in [0.05, 0.1) is 7.11 Å². The van der Waals surface area contributed by atoms with E-state index in [1.165, 1.54) is 14.0 Å². The minimum Gasteiger partial charge on any atom is -0.453 e. The van der Waals surface area contributed by atoms with E-state index < -0.39 is 12.1 Å². The zero-order valence-corrected chi connectivity index (χ0v) is 13.8. The summed E-state index contributed by atoms with van der Waals surface area (Å²) in [6.45, 7) is 6.59. The highest BCUT2D eigenvalue weighted by molar-refractivity contribution is 5.85. The van der Waals surface area contributed by atoms with E-state index in [0.717, 1.165) is 12.8 Å². The van der Waals surface area contributed by atoms with Gasteiger partial charge < -0.3 is 20.3 Å². The number of amides is 3. The lowest BCUT2D eigenvalue weighted by molar-refractivity contribution is -0.135. The van der Waals surface area contributed by atoms with Gasteiger partial charge in [0, 0.05) is 26.1 Å². The second-order valence-electron chi connectivity index (χ2n) is 6.14. The molecule has 0 aromatic heterocycles. The number of piperidine rings is 1. The first-order valence-electron chi connectivity index (χ1n) is 7.73. The van der Waals surface area contributed by atoms with Gasteiger partial charge in [-0.05, 0) is 25.2 Å². The second-order valence-corrected chi connectivity index (χ2v) is 6.14. The van der Waals surface area contributed by atoms with Crippen LogP contribution < -0.4 is 10.6 Å². The molecule has 7 nitrogen and oxygen atoms in total. The fraction of sp³-hybridized carbons (Fsp3) is 0.800. The lowest BCUT2D eigenvalue weighted by atomic mass is 10.00. The van der Waals surface area contributed by atoms with E-state index >= 15 is 0 Å². The molecule has 1 rings (SSSR count). The Hall–Kier alpha value is -1.79. The molecular weight excluding hydrogens is 286 g/mol. The number of hydrogen-bond donors (Lipinski definition) is 2. The van der Waals surface area contributed by atoms with E-state index in [-0.39, 0.29) is 23.8 Å². The molecule has 0 unspecified atom stereocenters. The molecule has 1 aliphatic heterocycles. The number of carbonyl (C=O) groups is 3. The van der Waals surface area contributed by atoms with Crippen LogP contribution in [0.25, 0.3) is 0 Å². The summed E-state index contributed by atoms with van der Waals surface area (Å²) >= 11 is 0. The Kier molecular flexibility index (Phi) is 7.14. The SMILES string of the molecule is COC(=O)N[C@@H](CC(C)C)C(=O)N1CCC[C@@H](NC(C)=O)C1. The molecule has 3 amide bonds. The first-order chi connectivity index (χ1) is 10.3. The van der Waals surface area contributed by atoms with Crippen molar-refractivity contribution in [2.45, 2.75) is 52.1 Å². The molecule has 0 aromatic carbocycles. The smallest absolute Gasteiger partial charge is 0.407 e. The minimum absolute atomic E-state index is 0.0203. The Morgan fingerprint density at radius 1 is 1.32 bits per heavy atom. The number of likely N-dealkylation sites (tertiary alicyclic amines) is 1.